The molecule has 7 nitrogen and oxygen atoms in total. The number of Topliss-reactive ketones (excluding diaryl/α,β-unsaturated/α-hetero) is 1. The van der Waals surface area contributed by atoms with E-state index in [9.17, 15) is 19.7 Å². The quantitative estimate of drug-likeness (QED) is 0.241. The molecule has 3 heterocycles. The summed E-state index contributed by atoms with van der Waals surface area (Å²) in [6.07, 6.45) is 2.52. The van der Waals surface area contributed by atoms with Crippen molar-refractivity contribution in [2.24, 2.45) is 5.92 Å². The van der Waals surface area contributed by atoms with Gasteiger partial charge in [0.15, 0.2) is 5.78 Å². The third kappa shape index (κ3) is 3.49. The molecular weight excluding hydrogens is 534 g/mol. The van der Waals surface area contributed by atoms with Crippen molar-refractivity contribution in [1.82, 2.24) is 4.90 Å². The van der Waals surface area contributed by atoms with E-state index in [-0.39, 0.29) is 29.3 Å². The van der Waals surface area contributed by atoms with Crippen LogP contribution in [0.5, 0.6) is 0 Å². The second kappa shape index (κ2) is 8.89. The number of anilines is 1. The highest BCUT2D eigenvalue weighted by atomic mass is 79.9. The van der Waals surface area contributed by atoms with E-state index >= 15 is 0 Å². The zero-order valence-electron chi connectivity index (χ0n) is 20.3. The number of non-ortho nitro benzene ring substituents is 1. The number of ketones is 1. The van der Waals surface area contributed by atoms with Crippen molar-refractivity contribution < 1.29 is 14.5 Å². The molecule has 1 spiro atoms. The van der Waals surface area contributed by atoms with Crippen LogP contribution in [0, 0.1) is 16.0 Å². The van der Waals surface area contributed by atoms with Gasteiger partial charge in [-0.05, 0) is 55.1 Å². The maximum atomic E-state index is 14.5. The number of aryl methyl sites for hydroxylation is 1. The molecule has 3 aromatic carbocycles. The number of nitro groups is 1. The van der Waals surface area contributed by atoms with Gasteiger partial charge in [0.1, 0.15) is 5.54 Å². The minimum atomic E-state index is -1.18. The number of fused-ring (bicyclic) bond motifs is 4. The SMILES string of the molecule is CCc1ccc2c(c1)[C@]1(C(=O)N2)C(C(=O)c2ccc(Br)cc2)C(c2cccc([N+](=O)[O-])c2)C2CCCN21. The first-order valence-corrected chi connectivity index (χ1v) is 13.4. The first-order valence-electron chi connectivity index (χ1n) is 12.6. The molecule has 0 radical (unpaired) electrons. The van der Waals surface area contributed by atoms with Crippen LogP contribution in [0.4, 0.5) is 11.4 Å². The summed E-state index contributed by atoms with van der Waals surface area (Å²) in [4.78, 5) is 42.1. The van der Waals surface area contributed by atoms with Crippen molar-refractivity contribution in [3.8, 4) is 0 Å². The molecule has 1 amide bonds. The molecule has 3 unspecified atom stereocenters. The standard InChI is InChI=1S/C29H26BrN3O4/c1-2-17-8-13-23-22(15-17)29(28(35)31-23)26(27(34)18-9-11-20(30)12-10-18)25(24-7-4-14-32(24)29)19-5-3-6-21(16-19)33(36)37/h3,5-6,8-13,15-16,24-26H,2,4,7,14H2,1H3,(H,31,35)/t24?,25?,26?,29-/m1/s1. The van der Waals surface area contributed by atoms with Crippen molar-refractivity contribution in [3.05, 3.63) is 104 Å². The van der Waals surface area contributed by atoms with Gasteiger partial charge in [0.05, 0.1) is 10.8 Å². The first-order chi connectivity index (χ1) is 17.9. The Labute approximate surface area is 223 Å². The molecule has 2 saturated heterocycles. The lowest BCUT2D eigenvalue weighted by Gasteiger charge is -2.37. The third-order valence-corrected chi connectivity index (χ3v) is 8.88. The van der Waals surface area contributed by atoms with Crippen LogP contribution in [-0.2, 0) is 16.8 Å². The summed E-state index contributed by atoms with van der Waals surface area (Å²) >= 11 is 3.45. The molecule has 188 valence electrons. The largest absolute Gasteiger partial charge is 0.324 e. The molecule has 8 heteroatoms. The second-order valence-corrected chi connectivity index (χ2v) is 11.0. The van der Waals surface area contributed by atoms with E-state index in [0.717, 1.165) is 46.1 Å². The van der Waals surface area contributed by atoms with Gasteiger partial charge >= 0.3 is 0 Å². The van der Waals surface area contributed by atoms with Crippen LogP contribution in [0.2, 0.25) is 0 Å². The number of nitrogens with zero attached hydrogens (tertiary/aromatic N) is 2. The highest BCUT2D eigenvalue weighted by Crippen LogP contribution is 2.61. The van der Waals surface area contributed by atoms with E-state index in [1.165, 1.54) is 6.07 Å². The number of rotatable bonds is 5. The van der Waals surface area contributed by atoms with Crippen LogP contribution < -0.4 is 5.32 Å². The highest BCUT2D eigenvalue weighted by molar-refractivity contribution is 9.10. The van der Waals surface area contributed by atoms with Crippen molar-refractivity contribution >= 4 is 39.0 Å². The summed E-state index contributed by atoms with van der Waals surface area (Å²) in [5.41, 5.74) is 2.74. The molecule has 3 aliphatic heterocycles. The first kappa shape index (κ1) is 24.0. The van der Waals surface area contributed by atoms with Gasteiger partial charge < -0.3 is 5.32 Å². The van der Waals surface area contributed by atoms with Gasteiger partial charge in [0.25, 0.3) is 5.69 Å². The zero-order chi connectivity index (χ0) is 25.9. The number of carbonyl (C=O) groups is 2. The van der Waals surface area contributed by atoms with E-state index in [2.05, 4.69) is 39.1 Å². The monoisotopic (exact) mass is 559 g/mol. The fourth-order valence-corrected chi connectivity index (χ4v) is 7.11. The van der Waals surface area contributed by atoms with Crippen LogP contribution >= 0.6 is 15.9 Å². The summed E-state index contributed by atoms with van der Waals surface area (Å²) in [5.74, 6) is -1.43. The second-order valence-electron chi connectivity index (χ2n) is 10.1. The molecule has 1 N–H and O–H groups in total. The van der Waals surface area contributed by atoms with Gasteiger partial charge in [-0.25, -0.2) is 0 Å². The number of nitrogens with one attached hydrogen (secondary N) is 1. The Kier molecular flexibility index (Phi) is 5.76. The van der Waals surface area contributed by atoms with Gasteiger partial charge in [-0.2, -0.15) is 0 Å². The van der Waals surface area contributed by atoms with E-state index in [1.807, 2.05) is 30.3 Å². The zero-order valence-corrected chi connectivity index (χ0v) is 21.9. The van der Waals surface area contributed by atoms with Crippen molar-refractivity contribution in [3.63, 3.8) is 0 Å². The summed E-state index contributed by atoms with van der Waals surface area (Å²) < 4.78 is 0.859. The van der Waals surface area contributed by atoms with Gasteiger partial charge in [-0.1, -0.05) is 59.3 Å². The molecule has 4 atom stereocenters. The Bertz CT molecular complexity index is 1440. The maximum absolute atomic E-state index is 14.5. The van der Waals surface area contributed by atoms with E-state index in [1.54, 1.807) is 24.3 Å². The minimum Gasteiger partial charge on any atom is -0.324 e. The number of benzene rings is 3. The van der Waals surface area contributed by atoms with Crippen molar-refractivity contribution in [2.45, 2.75) is 43.7 Å². The van der Waals surface area contributed by atoms with E-state index in [0.29, 0.717) is 12.1 Å². The number of carbonyl (C=O) groups excluding carboxylic acids is 2. The predicted molar refractivity (Wildman–Crippen MR) is 144 cm³/mol. The van der Waals surface area contributed by atoms with Crippen LogP contribution in [-0.4, -0.2) is 34.1 Å². The van der Waals surface area contributed by atoms with Crippen LogP contribution in [0.15, 0.2) is 71.2 Å². The average Bonchev–Trinajstić information content (AvgIpc) is 3.57. The summed E-state index contributed by atoms with van der Waals surface area (Å²) in [5, 5.41) is 14.8. The molecule has 2 fully saturated rings. The Morgan fingerprint density at radius 3 is 2.68 bits per heavy atom. The van der Waals surface area contributed by atoms with Crippen molar-refractivity contribution in [2.75, 3.05) is 11.9 Å². The van der Waals surface area contributed by atoms with Gasteiger partial charge in [0, 0.05) is 45.4 Å². The average molecular weight is 560 g/mol. The third-order valence-electron chi connectivity index (χ3n) is 8.35. The summed E-state index contributed by atoms with van der Waals surface area (Å²) in [6, 6.07) is 19.7. The number of amides is 1. The molecule has 0 bridgehead atoms. The highest BCUT2D eigenvalue weighted by Gasteiger charge is 2.69. The minimum absolute atomic E-state index is 0.0117. The molecule has 0 aromatic heterocycles. The normalized spacial score (nSPS) is 26.2. The molecule has 3 aliphatic rings. The molecule has 6 rings (SSSR count). The molecule has 37 heavy (non-hydrogen) atoms. The molecule has 0 aliphatic carbocycles. The number of halogens is 1. The molecule has 3 aromatic rings. The van der Waals surface area contributed by atoms with Crippen LogP contribution in [0.3, 0.4) is 0 Å². The Morgan fingerprint density at radius 1 is 1.16 bits per heavy atom. The Balaban J connectivity index is 1.62. The lowest BCUT2D eigenvalue weighted by Crippen LogP contribution is -2.52. The fraction of sp³-hybridized carbons (Fsp3) is 0.310. The van der Waals surface area contributed by atoms with Gasteiger partial charge in [-0.15, -0.1) is 0 Å². The van der Waals surface area contributed by atoms with E-state index < -0.39 is 16.4 Å². The van der Waals surface area contributed by atoms with Crippen molar-refractivity contribution in [1.29, 1.82) is 0 Å². The smallest absolute Gasteiger partial charge is 0.269 e. The number of hydrogen-bond acceptors (Lipinski definition) is 5. The fourth-order valence-electron chi connectivity index (χ4n) is 6.84. The lowest BCUT2D eigenvalue weighted by atomic mass is 9.68. The van der Waals surface area contributed by atoms with Crippen LogP contribution in [0.25, 0.3) is 0 Å². The Morgan fingerprint density at radius 2 is 1.95 bits per heavy atom. The maximum Gasteiger partial charge on any atom is 0.269 e. The molecule has 0 saturated carbocycles. The number of nitro benzene ring substituents is 1. The van der Waals surface area contributed by atoms with E-state index in [4.69, 9.17) is 0 Å². The summed E-state index contributed by atoms with van der Waals surface area (Å²) in [6.45, 7) is 2.76. The topological polar surface area (TPSA) is 92.5 Å². The van der Waals surface area contributed by atoms with Crippen LogP contribution in [0.1, 0.15) is 52.7 Å². The Hall–Kier alpha value is -3.36. The number of hydrogen-bond donors (Lipinski definition) is 1. The molecular formula is C29H26BrN3O4. The van der Waals surface area contributed by atoms with Gasteiger partial charge in [0.2, 0.25) is 5.91 Å². The summed E-state index contributed by atoms with van der Waals surface area (Å²) in [7, 11) is 0. The predicted octanol–water partition coefficient (Wildman–Crippen LogP) is 5.83. The lowest BCUT2D eigenvalue weighted by molar-refractivity contribution is -0.384. The van der Waals surface area contributed by atoms with Gasteiger partial charge in [-0.3, -0.25) is 24.6 Å².